The smallest absolute Gasteiger partial charge is 0.270 e. The average molecular weight is 207 g/mol. The fraction of sp³-hybridized carbons (Fsp3) is 0.727. The molecule has 2 aliphatic rings. The fourth-order valence-electron chi connectivity index (χ4n) is 2.48. The molecule has 3 rings (SSSR count). The zero-order chi connectivity index (χ0) is 10.4. The highest BCUT2D eigenvalue weighted by atomic mass is 16.1. The minimum Gasteiger partial charge on any atom is -0.300 e. The molecule has 0 aromatic carbocycles. The van der Waals surface area contributed by atoms with E-state index in [1.54, 1.807) is 0 Å². The van der Waals surface area contributed by atoms with Gasteiger partial charge >= 0.3 is 0 Å². The second-order valence-electron chi connectivity index (χ2n) is 4.82. The van der Waals surface area contributed by atoms with Crippen LogP contribution in [0.4, 0.5) is 0 Å². The Labute approximate surface area is 88.9 Å². The van der Waals surface area contributed by atoms with Crippen LogP contribution >= 0.6 is 0 Å². The van der Waals surface area contributed by atoms with Crippen LogP contribution < -0.4 is 5.56 Å². The summed E-state index contributed by atoms with van der Waals surface area (Å²) < 4.78 is 1.87. The molecule has 1 N–H and O–H groups in total. The van der Waals surface area contributed by atoms with Crippen molar-refractivity contribution >= 4 is 0 Å². The molecular formula is C11H17N3O. The summed E-state index contributed by atoms with van der Waals surface area (Å²) in [7, 11) is 2.10. The first-order chi connectivity index (χ1) is 7.25. The van der Waals surface area contributed by atoms with Gasteiger partial charge in [-0.1, -0.05) is 0 Å². The number of aromatic amines is 1. The zero-order valence-corrected chi connectivity index (χ0v) is 9.12. The lowest BCUT2D eigenvalue weighted by molar-refractivity contribution is 0.277. The summed E-state index contributed by atoms with van der Waals surface area (Å²) in [4.78, 5) is 14.3. The van der Waals surface area contributed by atoms with Crippen molar-refractivity contribution in [3.63, 3.8) is 0 Å². The van der Waals surface area contributed by atoms with Crippen molar-refractivity contribution in [1.29, 1.82) is 0 Å². The van der Waals surface area contributed by atoms with Crippen molar-refractivity contribution < 1.29 is 0 Å². The summed E-state index contributed by atoms with van der Waals surface area (Å²) in [6.45, 7) is 1.90. The molecule has 1 aromatic rings. The Hall–Kier alpha value is -1.03. The van der Waals surface area contributed by atoms with Crippen LogP contribution in [-0.2, 0) is 13.0 Å². The number of aromatic nitrogens is 2. The van der Waals surface area contributed by atoms with E-state index < -0.39 is 0 Å². The van der Waals surface area contributed by atoms with Crippen LogP contribution in [0.5, 0.6) is 0 Å². The maximum atomic E-state index is 12.1. The van der Waals surface area contributed by atoms with Gasteiger partial charge in [0.1, 0.15) is 0 Å². The van der Waals surface area contributed by atoms with E-state index in [1.165, 1.54) is 6.42 Å². The van der Waals surface area contributed by atoms with Crippen LogP contribution in [0.1, 0.15) is 36.6 Å². The van der Waals surface area contributed by atoms with E-state index in [1.807, 2.05) is 4.68 Å². The van der Waals surface area contributed by atoms with Gasteiger partial charge in [-0.15, -0.1) is 0 Å². The summed E-state index contributed by atoms with van der Waals surface area (Å²) in [5, 5.41) is 3.30. The van der Waals surface area contributed by atoms with Gasteiger partial charge in [-0.2, -0.15) is 0 Å². The predicted molar refractivity (Wildman–Crippen MR) is 58.0 cm³/mol. The standard InChI is InChI=1S/C11H17N3O/c1-13-6-5-9-10(7-13)12-14(11(9)15)8-3-2-4-8/h8,12H,2-7H2,1H3. The molecule has 1 aliphatic heterocycles. The van der Waals surface area contributed by atoms with Crippen LogP contribution in [0.3, 0.4) is 0 Å². The van der Waals surface area contributed by atoms with Crippen LogP contribution in [0.2, 0.25) is 0 Å². The number of likely N-dealkylation sites (N-methyl/N-ethyl adjacent to an activating group) is 1. The van der Waals surface area contributed by atoms with Gasteiger partial charge in [-0.25, -0.2) is 4.68 Å². The molecule has 4 heteroatoms. The molecule has 0 unspecified atom stereocenters. The molecule has 1 fully saturated rings. The van der Waals surface area contributed by atoms with E-state index in [4.69, 9.17) is 0 Å². The Morgan fingerprint density at radius 1 is 1.40 bits per heavy atom. The quantitative estimate of drug-likeness (QED) is 0.743. The second-order valence-corrected chi connectivity index (χ2v) is 4.82. The van der Waals surface area contributed by atoms with E-state index in [0.29, 0.717) is 6.04 Å². The Kier molecular flexibility index (Phi) is 1.99. The SMILES string of the molecule is CN1CCc2c([nH]n(C3CCC3)c2=O)C1. The maximum Gasteiger partial charge on any atom is 0.270 e. The molecule has 0 radical (unpaired) electrons. The van der Waals surface area contributed by atoms with Crippen molar-refractivity contribution in [2.75, 3.05) is 13.6 Å². The zero-order valence-electron chi connectivity index (χ0n) is 9.12. The first-order valence-corrected chi connectivity index (χ1v) is 5.76. The summed E-state index contributed by atoms with van der Waals surface area (Å²) in [5.41, 5.74) is 2.41. The van der Waals surface area contributed by atoms with Crippen molar-refractivity contribution in [2.24, 2.45) is 0 Å². The van der Waals surface area contributed by atoms with Gasteiger partial charge in [0.15, 0.2) is 0 Å². The number of nitrogens with zero attached hydrogens (tertiary/aromatic N) is 2. The molecule has 0 atom stereocenters. The summed E-state index contributed by atoms with van der Waals surface area (Å²) in [5.74, 6) is 0. The monoisotopic (exact) mass is 207 g/mol. The summed E-state index contributed by atoms with van der Waals surface area (Å²) in [6.07, 6.45) is 4.49. The van der Waals surface area contributed by atoms with Gasteiger partial charge < -0.3 is 4.90 Å². The molecule has 2 heterocycles. The maximum absolute atomic E-state index is 12.1. The number of H-pyrrole nitrogens is 1. The Balaban J connectivity index is 2.00. The molecule has 4 nitrogen and oxygen atoms in total. The van der Waals surface area contributed by atoms with Gasteiger partial charge in [0.2, 0.25) is 0 Å². The molecule has 0 amide bonds. The molecular weight excluding hydrogens is 190 g/mol. The number of hydrogen-bond acceptors (Lipinski definition) is 2. The lowest BCUT2D eigenvalue weighted by Gasteiger charge is -2.25. The molecule has 1 aromatic heterocycles. The number of hydrogen-bond donors (Lipinski definition) is 1. The summed E-state index contributed by atoms with van der Waals surface area (Å²) >= 11 is 0. The normalized spacial score (nSPS) is 22.5. The van der Waals surface area contributed by atoms with Crippen molar-refractivity contribution in [3.8, 4) is 0 Å². The fourth-order valence-corrected chi connectivity index (χ4v) is 2.48. The lowest BCUT2D eigenvalue weighted by atomic mass is 9.93. The number of rotatable bonds is 1. The highest BCUT2D eigenvalue weighted by Crippen LogP contribution is 2.30. The van der Waals surface area contributed by atoms with E-state index in [0.717, 1.165) is 43.6 Å². The average Bonchev–Trinajstić information content (AvgIpc) is 2.41. The Bertz CT molecular complexity index is 428. The van der Waals surface area contributed by atoms with Gasteiger partial charge in [-0.05, 0) is 32.7 Å². The minimum atomic E-state index is 0.239. The van der Waals surface area contributed by atoms with Crippen LogP contribution in [0, 0.1) is 0 Å². The molecule has 1 saturated carbocycles. The van der Waals surface area contributed by atoms with E-state index >= 15 is 0 Å². The number of nitrogens with one attached hydrogen (secondary N) is 1. The highest BCUT2D eigenvalue weighted by molar-refractivity contribution is 5.20. The van der Waals surface area contributed by atoms with Gasteiger partial charge in [0, 0.05) is 18.7 Å². The Morgan fingerprint density at radius 2 is 2.20 bits per heavy atom. The van der Waals surface area contributed by atoms with Crippen molar-refractivity contribution in [2.45, 2.75) is 38.3 Å². The van der Waals surface area contributed by atoms with E-state index in [9.17, 15) is 4.79 Å². The molecule has 0 bridgehead atoms. The predicted octanol–water partition coefficient (Wildman–Crippen LogP) is 0.889. The molecule has 0 saturated heterocycles. The Morgan fingerprint density at radius 3 is 2.87 bits per heavy atom. The van der Waals surface area contributed by atoms with Crippen molar-refractivity contribution in [1.82, 2.24) is 14.7 Å². The first kappa shape index (κ1) is 9.21. The third-order valence-corrected chi connectivity index (χ3v) is 3.71. The van der Waals surface area contributed by atoms with E-state index in [2.05, 4.69) is 17.0 Å². The third-order valence-electron chi connectivity index (χ3n) is 3.71. The van der Waals surface area contributed by atoms with Crippen LogP contribution in [0.15, 0.2) is 4.79 Å². The second kappa shape index (κ2) is 3.23. The van der Waals surface area contributed by atoms with Gasteiger partial charge in [0.25, 0.3) is 5.56 Å². The summed E-state index contributed by atoms with van der Waals surface area (Å²) in [6, 6.07) is 0.452. The molecule has 15 heavy (non-hydrogen) atoms. The van der Waals surface area contributed by atoms with E-state index in [-0.39, 0.29) is 5.56 Å². The van der Waals surface area contributed by atoms with Crippen molar-refractivity contribution in [3.05, 3.63) is 21.6 Å². The largest absolute Gasteiger partial charge is 0.300 e. The molecule has 0 spiro atoms. The first-order valence-electron chi connectivity index (χ1n) is 5.76. The van der Waals surface area contributed by atoms with Crippen LogP contribution in [-0.4, -0.2) is 28.3 Å². The lowest BCUT2D eigenvalue weighted by Crippen LogP contribution is -2.30. The van der Waals surface area contributed by atoms with Gasteiger partial charge in [0.05, 0.1) is 11.7 Å². The third kappa shape index (κ3) is 1.35. The molecule has 1 aliphatic carbocycles. The minimum absolute atomic E-state index is 0.239. The highest BCUT2D eigenvalue weighted by Gasteiger charge is 2.26. The topological polar surface area (TPSA) is 41.0 Å². The number of fused-ring (bicyclic) bond motifs is 1. The molecule has 82 valence electrons. The van der Waals surface area contributed by atoms with Gasteiger partial charge in [-0.3, -0.25) is 9.89 Å². The van der Waals surface area contributed by atoms with Crippen LogP contribution in [0.25, 0.3) is 0 Å².